The molecule has 0 fully saturated rings. The molecule has 0 spiro atoms. The van der Waals surface area contributed by atoms with Crippen molar-refractivity contribution in [3.8, 4) is 11.5 Å². The van der Waals surface area contributed by atoms with Gasteiger partial charge in [0, 0.05) is 29.4 Å². The minimum Gasteiger partial charge on any atom is -0.493 e. The monoisotopic (exact) mass is 461 g/mol. The van der Waals surface area contributed by atoms with Crippen LogP contribution in [0.4, 0.5) is 0 Å². The fourth-order valence-corrected chi connectivity index (χ4v) is 5.70. The fraction of sp³-hybridized carbons (Fsp3) is 0.296. The van der Waals surface area contributed by atoms with E-state index in [0.717, 1.165) is 46.5 Å². The summed E-state index contributed by atoms with van der Waals surface area (Å²) in [6, 6.07) is 14.4. The predicted octanol–water partition coefficient (Wildman–Crippen LogP) is 5.64. The zero-order chi connectivity index (χ0) is 23.1. The van der Waals surface area contributed by atoms with Gasteiger partial charge in [-0.15, -0.1) is 11.3 Å². The van der Waals surface area contributed by atoms with E-state index in [-0.39, 0.29) is 11.7 Å². The third kappa shape index (κ3) is 3.83. The van der Waals surface area contributed by atoms with Crippen LogP contribution in [0, 0.1) is 13.8 Å². The van der Waals surface area contributed by atoms with Crippen LogP contribution in [0.3, 0.4) is 0 Å². The zero-order valence-electron chi connectivity index (χ0n) is 19.3. The van der Waals surface area contributed by atoms with Gasteiger partial charge in [-0.25, -0.2) is 4.79 Å². The number of rotatable bonds is 5. The summed E-state index contributed by atoms with van der Waals surface area (Å²) >= 11 is 1.75. The number of nitrogens with zero attached hydrogens (tertiary/aromatic N) is 1. The van der Waals surface area contributed by atoms with Crippen LogP contribution in [-0.4, -0.2) is 25.7 Å². The highest BCUT2D eigenvalue weighted by molar-refractivity contribution is 7.10. The van der Waals surface area contributed by atoms with Crippen LogP contribution in [-0.2, 0) is 13.0 Å². The maximum atomic E-state index is 12.5. The predicted molar refractivity (Wildman–Crippen MR) is 132 cm³/mol. The second-order valence-electron chi connectivity index (χ2n) is 8.52. The van der Waals surface area contributed by atoms with Crippen LogP contribution >= 0.6 is 11.3 Å². The van der Waals surface area contributed by atoms with Gasteiger partial charge in [0.15, 0.2) is 11.5 Å². The summed E-state index contributed by atoms with van der Waals surface area (Å²) in [4.78, 5) is 16.2. The summed E-state index contributed by atoms with van der Waals surface area (Å²) < 4.78 is 16.8. The fourth-order valence-electron chi connectivity index (χ4n) is 4.82. The lowest BCUT2D eigenvalue weighted by Crippen LogP contribution is -2.35. The molecular weight excluding hydrogens is 434 g/mol. The largest absolute Gasteiger partial charge is 0.493 e. The Morgan fingerprint density at radius 2 is 1.88 bits per heavy atom. The van der Waals surface area contributed by atoms with Crippen LogP contribution in [0.2, 0.25) is 0 Å². The van der Waals surface area contributed by atoms with Gasteiger partial charge in [0.05, 0.1) is 20.3 Å². The van der Waals surface area contributed by atoms with Gasteiger partial charge in [0.25, 0.3) is 0 Å². The van der Waals surface area contributed by atoms with Gasteiger partial charge in [-0.05, 0) is 71.7 Å². The molecule has 6 heteroatoms. The Hall–Kier alpha value is -3.09. The average molecular weight is 462 g/mol. The Morgan fingerprint density at radius 3 is 2.61 bits per heavy atom. The van der Waals surface area contributed by atoms with Crippen molar-refractivity contribution in [2.24, 2.45) is 0 Å². The Bertz CT molecular complexity index is 1370. The second-order valence-corrected chi connectivity index (χ2v) is 9.50. The Kier molecular flexibility index (Phi) is 5.72. The maximum Gasteiger partial charge on any atom is 0.336 e. The second kappa shape index (κ2) is 8.69. The van der Waals surface area contributed by atoms with E-state index in [1.165, 1.54) is 16.0 Å². The third-order valence-electron chi connectivity index (χ3n) is 6.68. The van der Waals surface area contributed by atoms with Crippen molar-refractivity contribution in [3.05, 3.63) is 91.0 Å². The van der Waals surface area contributed by atoms with Crippen LogP contribution in [0.5, 0.6) is 11.5 Å². The molecule has 2 aromatic heterocycles. The molecule has 1 unspecified atom stereocenters. The quantitative estimate of drug-likeness (QED) is 0.360. The number of aryl methyl sites for hydroxylation is 2. The van der Waals surface area contributed by atoms with Crippen molar-refractivity contribution in [2.45, 2.75) is 32.9 Å². The summed E-state index contributed by atoms with van der Waals surface area (Å²) in [6.07, 6.45) is 0.898. The summed E-state index contributed by atoms with van der Waals surface area (Å²) in [5, 5.41) is 3.11. The molecule has 0 radical (unpaired) electrons. The van der Waals surface area contributed by atoms with E-state index in [1.807, 2.05) is 13.8 Å². The molecule has 5 nitrogen and oxygen atoms in total. The van der Waals surface area contributed by atoms with E-state index in [4.69, 9.17) is 13.9 Å². The van der Waals surface area contributed by atoms with Crippen molar-refractivity contribution in [1.82, 2.24) is 4.90 Å². The summed E-state index contributed by atoms with van der Waals surface area (Å²) in [6.45, 7) is 5.58. The smallest absolute Gasteiger partial charge is 0.336 e. The first kappa shape index (κ1) is 21.7. The molecule has 4 aromatic rings. The van der Waals surface area contributed by atoms with E-state index in [2.05, 4.69) is 46.7 Å². The molecule has 0 N–H and O–H groups in total. The molecule has 0 saturated heterocycles. The number of ether oxygens (including phenoxy) is 2. The molecule has 0 aliphatic carbocycles. The van der Waals surface area contributed by atoms with Gasteiger partial charge < -0.3 is 13.9 Å². The van der Waals surface area contributed by atoms with Crippen molar-refractivity contribution in [3.63, 3.8) is 0 Å². The maximum absolute atomic E-state index is 12.5. The van der Waals surface area contributed by atoms with Crippen molar-refractivity contribution in [2.75, 3.05) is 20.8 Å². The van der Waals surface area contributed by atoms with E-state index in [1.54, 1.807) is 31.6 Å². The first-order valence-electron chi connectivity index (χ1n) is 11.1. The molecule has 1 aliphatic rings. The molecule has 0 saturated carbocycles. The number of benzene rings is 2. The highest BCUT2D eigenvalue weighted by Crippen LogP contribution is 2.43. The molecule has 0 bridgehead atoms. The molecular formula is C27H27NO4S. The first-order chi connectivity index (χ1) is 16.0. The lowest BCUT2D eigenvalue weighted by Gasteiger charge is -2.37. The first-order valence-corrected chi connectivity index (χ1v) is 11.9. The van der Waals surface area contributed by atoms with Gasteiger partial charge in [-0.3, -0.25) is 4.90 Å². The molecule has 1 atom stereocenters. The summed E-state index contributed by atoms with van der Waals surface area (Å²) in [5.41, 5.74) is 6.01. The van der Waals surface area contributed by atoms with Gasteiger partial charge in [0.1, 0.15) is 5.58 Å². The molecule has 0 amide bonds. The van der Waals surface area contributed by atoms with Crippen LogP contribution in [0.1, 0.15) is 38.7 Å². The normalized spacial score (nSPS) is 16.1. The molecule has 170 valence electrons. The van der Waals surface area contributed by atoms with Gasteiger partial charge in [-0.1, -0.05) is 18.2 Å². The highest BCUT2D eigenvalue weighted by atomic mass is 32.1. The van der Waals surface area contributed by atoms with E-state index in [9.17, 15) is 4.79 Å². The Morgan fingerprint density at radius 1 is 1.09 bits per heavy atom. The van der Waals surface area contributed by atoms with Crippen molar-refractivity contribution < 1.29 is 13.9 Å². The van der Waals surface area contributed by atoms with Crippen molar-refractivity contribution >= 4 is 22.3 Å². The number of hydrogen-bond donors (Lipinski definition) is 0. The van der Waals surface area contributed by atoms with Crippen molar-refractivity contribution in [1.29, 1.82) is 0 Å². The van der Waals surface area contributed by atoms with Gasteiger partial charge in [0.2, 0.25) is 0 Å². The number of fused-ring (bicyclic) bond motifs is 2. The summed E-state index contributed by atoms with van der Waals surface area (Å²) in [7, 11) is 3.34. The molecule has 33 heavy (non-hydrogen) atoms. The highest BCUT2D eigenvalue weighted by Gasteiger charge is 2.31. The Labute approximate surface area is 197 Å². The zero-order valence-corrected chi connectivity index (χ0v) is 20.1. The molecule has 2 aromatic carbocycles. The molecule has 1 aliphatic heterocycles. The van der Waals surface area contributed by atoms with E-state index >= 15 is 0 Å². The standard InChI is InChI=1S/C27H27NO4S/c1-16-7-8-20-19(13-25(29)32-27(20)17(16)2)15-28-10-9-18-12-22(30-3)23(31-4)14-21(18)26(28)24-6-5-11-33-24/h5-8,11-14,26H,9-10,15H2,1-4H3. The van der Waals surface area contributed by atoms with E-state index in [0.29, 0.717) is 12.1 Å². The topological polar surface area (TPSA) is 51.9 Å². The Balaban J connectivity index is 1.62. The van der Waals surface area contributed by atoms with Crippen LogP contribution in [0.25, 0.3) is 11.0 Å². The van der Waals surface area contributed by atoms with Gasteiger partial charge >= 0.3 is 5.63 Å². The minimum absolute atomic E-state index is 0.0717. The lowest BCUT2D eigenvalue weighted by molar-refractivity contribution is 0.206. The number of methoxy groups -OCH3 is 2. The van der Waals surface area contributed by atoms with E-state index < -0.39 is 0 Å². The third-order valence-corrected chi connectivity index (χ3v) is 7.60. The van der Waals surface area contributed by atoms with Crippen LogP contribution < -0.4 is 15.1 Å². The summed E-state index contributed by atoms with van der Waals surface area (Å²) in [5.74, 6) is 1.49. The van der Waals surface area contributed by atoms with Crippen LogP contribution in [0.15, 0.2) is 57.1 Å². The van der Waals surface area contributed by atoms with Gasteiger partial charge in [-0.2, -0.15) is 0 Å². The number of thiophene rings is 1. The SMILES string of the molecule is COc1cc2c(cc1OC)C(c1cccs1)N(Cc1cc(=O)oc3c(C)c(C)ccc13)CC2. The molecule has 3 heterocycles. The number of hydrogen-bond acceptors (Lipinski definition) is 6. The average Bonchev–Trinajstić information content (AvgIpc) is 3.35. The molecule has 5 rings (SSSR count). The minimum atomic E-state index is -0.303. The lowest BCUT2D eigenvalue weighted by atomic mass is 9.90.